The summed E-state index contributed by atoms with van der Waals surface area (Å²) in [6, 6.07) is 1.27. The lowest BCUT2D eigenvalue weighted by atomic mass is 10.0. The molecule has 3 amide bonds. The lowest BCUT2D eigenvalue weighted by Gasteiger charge is -2.24. The molecule has 0 aliphatic heterocycles. The lowest BCUT2D eigenvalue weighted by Crippen LogP contribution is -2.58. The Bertz CT molecular complexity index is 803. The highest BCUT2D eigenvalue weighted by Crippen LogP contribution is 2.12. The van der Waals surface area contributed by atoms with Crippen LogP contribution >= 0.6 is 0 Å². The zero-order chi connectivity index (χ0) is 25.0. The van der Waals surface area contributed by atoms with E-state index in [1.165, 1.54) is 19.1 Å². The van der Waals surface area contributed by atoms with E-state index in [0.29, 0.717) is 31.4 Å². The number of hydrogen-bond donors (Lipinski definition) is 8. The normalized spacial score (nSPS) is 14.4. The molecule has 33 heavy (non-hydrogen) atoms. The van der Waals surface area contributed by atoms with E-state index in [9.17, 15) is 29.4 Å². The molecule has 0 radical (unpaired) electrons. The predicted molar refractivity (Wildman–Crippen MR) is 119 cm³/mol. The number of hydrogen-bond acceptors (Lipinski definition) is 8. The Hall–Kier alpha value is -3.22. The lowest BCUT2D eigenvalue weighted by molar-refractivity contribution is -0.142. The van der Waals surface area contributed by atoms with Crippen molar-refractivity contribution in [3.05, 3.63) is 29.8 Å². The Morgan fingerprint density at radius 1 is 0.939 bits per heavy atom. The van der Waals surface area contributed by atoms with Gasteiger partial charge in [-0.3, -0.25) is 19.2 Å². The SMILES string of the molecule is CC(NC(=O)C(CO)NC(=O)C(Cc1ccc(O)cc1)NC(=O)C(N)CCCCN)C(=O)O. The molecular weight excluding hydrogens is 434 g/mol. The number of carbonyl (C=O) groups excluding carboxylic acids is 3. The molecular formula is C21H33N5O7. The van der Waals surface area contributed by atoms with Crippen molar-refractivity contribution in [2.75, 3.05) is 13.2 Å². The minimum absolute atomic E-state index is 0.0126. The van der Waals surface area contributed by atoms with Crippen molar-refractivity contribution >= 4 is 23.7 Å². The smallest absolute Gasteiger partial charge is 0.325 e. The highest BCUT2D eigenvalue weighted by Gasteiger charge is 2.29. The van der Waals surface area contributed by atoms with Gasteiger partial charge in [-0.25, -0.2) is 0 Å². The number of carboxylic acid groups (broad SMARTS) is 1. The van der Waals surface area contributed by atoms with Gasteiger partial charge in [-0.2, -0.15) is 0 Å². The molecule has 10 N–H and O–H groups in total. The third-order valence-electron chi connectivity index (χ3n) is 4.86. The fraction of sp³-hybridized carbons (Fsp3) is 0.524. The van der Waals surface area contributed by atoms with Crippen molar-refractivity contribution in [1.82, 2.24) is 16.0 Å². The topological polar surface area (TPSA) is 217 Å². The van der Waals surface area contributed by atoms with Crippen molar-refractivity contribution in [3.8, 4) is 5.75 Å². The van der Waals surface area contributed by atoms with E-state index in [1.807, 2.05) is 0 Å². The van der Waals surface area contributed by atoms with E-state index < -0.39 is 54.5 Å². The molecule has 0 fully saturated rings. The van der Waals surface area contributed by atoms with Crippen LogP contribution in [0.5, 0.6) is 5.75 Å². The van der Waals surface area contributed by atoms with Crippen LogP contribution in [-0.2, 0) is 25.6 Å². The molecule has 0 aromatic heterocycles. The maximum Gasteiger partial charge on any atom is 0.325 e. The summed E-state index contributed by atoms with van der Waals surface area (Å²) in [7, 11) is 0. The number of carboxylic acids is 1. The Labute approximate surface area is 191 Å². The number of amides is 3. The van der Waals surface area contributed by atoms with Crippen LogP contribution in [0.15, 0.2) is 24.3 Å². The van der Waals surface area contributed by atoms with Gasteiger partial charge >= 0.3 is 5.97 Å². The Balaban J connectivity index is 2.94. The van der Waals surface area contributed by atoms with Crippen LogP contribution in [-0.4, -0.2) is 76.3 Å². The third kappa shape index (κ3) is 9.85. The molecule has 0 saturated heterocycles. The first kappa shape index (κ1) is 27.8. The average molecular weight is 468 g/mol. The number of nitrogens with one attached hydrogen (secondary N) is 3. The van der Waals surface area contributed by atoms with Crippen molar-refractivity contribution in [3.63, 3.8) is 0 Å². The Morgan fingerprint density at radius 2 is 1.52 bits per heavy atom. The van der Waals surface area contributed by atoms with E-state index >= 15 is 0 Å². The summed E-state index contributed by atoms with van der Waals surface area (Å²) in [6.45, 7) is 0.907. The molecule has 1 aromatic rings. The molecule has 4 unspecified atom stereocenters. The number of rotatable bonds is 14. The van der Waals surface area contributed by atoms with E-state index in [2.05, 4.69) is 16.0 Å². The summed E-state index contributed by atoms with van der Waals surface area (Å²) in [5.74, 6) is -3.50. The maximum absolute atomic E-state index is 12.9. The second kappa shape index (κ2) is 14.0. The second-order valence-electron chi connectivity index (χ2n) is 7.63. The number of benzene rings is 1. The Kier molecular flexibility index (Phi) is 11.8. The summed E-state index contributed by atoms with van der Waals surface area (Å²) in [5, 5.41) is 34.9. The summed E-state index contributed by atoms with van der Waals surface area (Å²) in [6.07, 6.45) is 1.71. The van der Waals surface area contributed by atoms with Gasteiger partial charge in [0.25, 0.3) is 0 Å². The zero-order valence-corrected chi connectivity index (χ0v) is 18.5. The number of carbonyl (C=O) groups is 4. The molecule has 0 heterocycles. The molecule has 0 aliphatic carbocycles. The summed E-state index contributed by atoms with van der Waals surface area (Å²) in [4.78, 5) is 48.6. The minimum Gasteiger partial charge on any atom is -0.508 e. The van der Waals surface area contributed by atoms with Gasteiger partial charge in [0.2, 0.25) is 17.7 Å². The van der Waals surface area contributed by atoms with E-state index in [-0.39, 0.29) is 12.2 Å². The van der Waals surface area contributed by atoms with Gasteiger partial charge in [0.1, 0.15) is 23.9 Å². The number of aliphatic hydroxyl groups excluding tert-OH is 1. The second-order valence-corrected chi connectivity index (χ2v) is 7.63. The van der Waals surface area contributed by atoms with Crippen LogP contribution in [0.25, 0.3) is 0 Å². The van der Waals surface area contributed by atoms with Crippen LogP contribution in [0.1, 0.15) is 31.7 Å². The van der Waals surface area contributed by atoms with Gasteiger partial charge in [-0.05, 0) is 44.0 Å². The molecule has 12 nitrogen and oxygen atoms in total. The van der Waals surface area contributed by atoms with Gasteiger partial charge in [-0.1, -0.05) is 18.6 Å². The van der Waals surface area contributed by atoms with Crippen LogP contribution in [0.3, 0.4) is 0 Å². The summed E-state index contributed by atoms with van der Waals surface area (Å²) < 4.78 is 0. The zero-order valence-electron chi connectivity index (χ0n) is 18.5. The van der Waals surface area contributed by atoms with Gasteiger partial charge in [-0.15, -0.1) is 0 Å². The molecule has 0 spiro atoms. The quantitative estimate of drug-likeness (QED) is 0.141. The van der Waals surface area contributed by atoms with Crippen LogP contribution in [0, 0.1) is 0 Å². The average Bonchev–Trinajstić information content (AvgIpc) is 2.77. The van der Waals surface area contributed by atoms with Gasteiger partial charge in [0.05, 0.1) is 12.6 Å². The number of aliphatic carboxylic acids is 1. The first-order chi connectivity index (χ1) is 15.6. The monoisotopic (exact) mass is 467 g/mol. The number of nitrogens with two attached hydrogens (primary N) is 2. The van der Waals surface area contributed by atoms with E-state index in [4.69, 9.17) is 16.6 Å². The van der Waals surface area contributed by atoms with E-state index in [0.717, 1.165) is 0 Å². The van der Waals surface area contributed by atoms with E-state index in [1.54, 1.807) is 12.1 Å². The van der Waals surface area contributed by atoms with Crippen LogP contribution in [0.2, 0.25) is 0 Å². The highest BCUT2D eigenvalue weighted by atomic mass is 16.4. The standard InChI is InChI=1S/C21H33N5O7/c1-12(21(32)33)24-20(31)17(11-27)26-19(30)16(10-13-5-7-14(28)8-6-13)25-18(29)15(23)4-2-3-9-22/h5-8,12,15-17,27-28H,2-4,9-11,22-23H2,1H3,(H,24,31)(H,25,29)(H,26,30)(H,32,33). The number of aliphatic hydroxyl groups is 1. The molecule has 0 aliphatic rings. The molecule has 184 valence electrons. The molecule has 4 atom stereocenters. The van der Waals surface area contributed by atoms with Crippen molar-refractivity contribution < 1.29 is 34.5 Å². The molecule has 1 rings (SSSR count). The third-order valence-corrected chi connectivity index (χ3v) is 4.86. The predicted octanol–water partition coefficient (Wildman–Crippen LogP) is -2.06. The summed E-state index contributed by atoms with van der Waals surface area (Å²) in [5.41, 5.74) is 11.9. The first-order valence-electron chi connectivity index (χ1n) is 10.6. The number of phenolic OH excluding ortho intramolecular Hbond substituents is 1. The Morgan fingerprint density at radius 3 is 2.06 bits per heavy atom. The van der Waals surface area contributed by atoms with Crippen molar-refractivity contribution in [1.29, 1.82) is 0 Å². The highest BCUT2D eigenvalue weighted by molar-refractivity contribution is 5.94. The van der Waals surface area contributed by atoms with Crippen LogP contribution < -0.4 is 27.4 Å². The molecule has 1 aromatic carbocycles. The van der Waals surface area contributed by atoms with Crippen molar-refractivity contribution in [2.45, 2.75) is 56.8 Å². The number of phenols is 1. The van der Waals surface area contributed by atoms with Crippen molar-refractivity contribution in [2.24, 2.45) is 11.5 Å². The maximum atomic E-state index is 12.9. The number of aromatic hydroxyl groups is 1. The molecule has 0 bridgehead atoms. The van der Waals surface area contributed by atoms with Crippen LogP contribution in [0.4, 0.5) is 0 Å². The first-order valence-corrected chi connectivity index (χ1v) is 10.6. The van der Waals surface area contributed by atoms with Gasteiger partial charge < -0.3 is 42.7 Å². The fourth-order valence-corrected chi connectivity index (χ4v) is 2.84. The fourth-order valence-electron chi connectivity index (χ4n) is 2.84. The number of unbranched alkanes of at least 4 members (excludes halogenated alkanes) is 1. The molecule has 12 heteroatoms. The largest absolute Gasteiger partial charge is 0.508 e. The summed E-state index contributed by atoms with van der Waals surface area (Å²) >= 11 is 0. The van der Waals surface area contributed by atoms with Gasteiger partial charge in [0, 0.05) is 6.42 Å². The molecule has 0 saturated carbocycles. The van der Waals surface area contributed by atoms with Gasteiger partial charge in [0.15, 0.2) is 0 Å². The minimum atomic E-state index is -1.43.